The van der Waals surface area contributed by atoms with Crippen molar-refractivity contribution >= 4 is 0 Å². The monoisotopic (exact) mass is 216 g/mol. The molecule has 0 rings (SSSR count). The van der Waals surface area contributed by atoms with Crippen molar-refractivity contribution in [3.8, 4) is 0 Å². The van der Waals surface area contributed by atoms with Crippen molar-refractivity contribution in [3.05, 3.63) is 0 Å². The summed E-state index contributed by atoms with van der Waals surface area (Å²) in [4.78, 5) is 0. The Morgan fingerprint density at radius 2 is 2.00 bits per heavy atom. The molecule has 92 valence electrons. The lowest BCUT2D eigenvalue weighted by Gasteiger charge is -2.26. The number of ether oxygens (including phenoxy) is 1. The lowest BCUT2D eigenvalue weighted by molar-refractivity contribution is 0.151. The van der Waals surface area contributed by atoms with E-state index in [2.05, 4.69) is 26.1 Å². The Balaban J connectivity index is 3.91. The molecule has 3 N–H and O–H groups in total. The van der Waals surface area contributed by atoms with Crippen LogP contribution in [0, 0.1) is 5.92 Å². The standard InChI is InChI=1S/C12H28N2O/c1-5-10(2)11(3)14-12(9-15-4)7-6-8-13/h10-12,14H,5-9,13H2,1-4H3. The zero-order chi connectivity index (χ0) is 11.7. The van der Waals surface area contributed by atoms with Gasteiger partial charge < -0.3 is 15.8 Å². The van der Waals surface area contributed by atoms with E-state index in [-0.39, 0.29) is 0 Å². The number of rotatable bonds is 9. The van der Waals surface area contributed by atoms with Gasteiger partial charge in [-0.25, -0.2) is 0 Å². The van der Waals surface area contributed by atoms with Gasteiger partial charge in [-0.3, -0.25) is 0 Å². The Morgan fingerprint density at radius 3 is 2.47 bits per heavy atom. The van der Waals surface area contributed by atoms with E-state index in [9.17, 15) is 0 Å². The summed E-state index contributed by atoms with van der Waals surface area (Å²) in [6, 6.07) is 0.996. The first-order valence-electron chi connectivity index (χ1n) is 6.10. The predicted octanol–water partition coefficient (Wildman–Crippen LogP) is 1.76. The predicted molar refractivity (Wildman–Crippen MR) is 66.0 cm³/mol. The molecule has 0 radical (unpaired) electrons. The Labute approximate surface area is 94.8 Å². The van der Waals surface area contributed by atoms with E-state index in [1.54, 1.807) is 7.11 Å². The molecule has 3 atom stereocenters. The molecule has 0 heterocycles. The van der Waals surface area contributed by atoms with E-state index in [4.69, 9.17) is 10.5 Å². The number of hydrogen-bond donors (Lipinski definition) is 2. The van der Waals surface area contributed by atoms with Gasteiger partial charge in [0.25, 0.3) is 0 Å². The lowest BCUT2D eigenvalue weighted by Crippen LogP contribution is -2.42. The van der Waals surface area contributed by atoms with Crippen LogP contribution in [-0.2, 0) is 4.74 Å². The van der Waals surface area contributed by atoms with Crippen molar-refractivity contribution < 1.29 is 4.74 Å². The summed E-state index contributed by atoms with van der Waals surface area (Å²) in [7, 11) is 1.76. The molecule has 0 bridgehead atoms. The van der Waals surface area contributed by atoms with E-state index in [1.807, 2.05) is 0 Å². The summed E-state index contributed by atoms with van der Waals surface area (Å²) in [5, 5.41) is 3.62. The minimum atomic E-state index is 0.447. The number of methoxy groups -OCH3 is 1. The summed E-state index contributed by atoms with van der Waals surface area (Å²) in [5.41, 5.74) is 5.52. The first-order valence-corrected chi connectivity index (χ1v) is 6.10. The minimum absolute atomic E-state index is 0.447. The van der Waals surface area contributed by atoms with E-state index >= 15 is 0 Å². The molecule has 3 unspecified atom stereocenters. The highest BCUT2D eigenvalue weighted by atomic mass is 16.5. The van der Waals surface area contributed by atoms with Crippen LogP contribution in [0.5, 0.6) is 0 Å². The van der Waals surface area contributed by atoms with Crippen molar-refractivity contribution in [2.75, 3.05) is 20.3 Å². The van der Waals surface area contributed by atoms with E-state index < -0.39 is 0 Å². The highest BCUT2D eigenvalue weighted by Crippen LogP contribution is 2.09. The summed E-state index contributed by atoms with van der Waals surface area (Å²) in [5.74, 6) is 0.710. The van der Waals surface area contributed by atoms with Crippen molar-refractivity contribution in [2.24, 2.45) is 11.7 Å². The van der Waals surface area contributed by atoms with E-state index in [1.165, 1.54) is 6.42 Å². The average Bonchev–Trinajstić information content (AvgIpc) is 2.24. The topological polar surface area (TPSA) is 47.3 Å². The zero-order valence-electron chi connectivity index (χ0n) is 10.8. The smallest absolute Gasteiger partial charge is 0.0615 e. The molecule has 15 heavy (non-hydrogen) atoms. The molecule has 0 aliphatic heterocycles. The van der Waals surface area contributed by atoms with Gasteiger partial charge in [-0.15, -0.1) is 0 Å². The van der Waals surface area contributed by atoms with E-state index in [0.717, 1.165) is 26.0 Å². The van der Waals surface area contributed by atoms with Crippen LogP contribution in [-0.4, -0.2) is 32.3 Å². The molecule has 0 saturated carbocycles. The summed E-state index contributed by atoms with van der Waals surface area (Å²) >= 11 is 0. The third-order valence-electron chi connectivity index (χ3n) is 3.12. The van der Waals surface area contributed by atoms with Crippen LogP contribution in [0.2, 0.25) is 0 Å². The average molecular weight is 216 g/mol. The van der Waals surface area contributed by atoms with Gasteiger partial charge in [0.05, 0.1) is 6.61 Å². The highest BCUT2D eigenvalue weighted by Gasteiger charge is 2.15. The van der Waals surface area contributed by atoms with Gasteiger partial charge in [0.1, 0.15) is 0 Å². The van der Waals surface area contributed by atoms with Gasteiger partial charge in [0, 0.05) is 19.2 Å². The first-order chi connectivity index (χ1) is 7.15. The highest BCUT2D eigenvalue weighted by molar-refractivity contribution is 4.74. The second-order valence-corrected chi connectivity index (χ2v) is 4.42. The Hall–Kier alpha value is -0.120. The van der Waals surface area contributed by atoms with Crippen molar-refractivity contribution in [2.45, 2.75) is 52.1 Å². The van der Waals surface area contributed by atoms with Crippen LogP contribution in [0.3, 0.4) is 0 Å². The molecule has 0 fully saturated rings. The fourth-order valence-corrected chi connectivity index (χ4v) is 1.67. The fraction of sp³-hybridized carbons (Fsp3) is 1.00. The summed E-state index contributed by atoms with van der Waals surface area (Å²) in [6.07, 6.45) is 3.38. The van der Waals surface area contributed by atoms with Crippen molar-refractivity contribution in [3.63, 3.8) is 0 Å². The molecule has 0 aromatic carbocycles. The second kappa shape index (κ2) is 9.13. The number of nitrogens with one attached hydrogen (secondary N) is 1. The van der Waals surface area contributed by atoms with Crippen LogP contribution in [0.25, 0.3) is 0 Å². The van der Waals surface area contributed by atoms with Gasteiger partial charge in [-0.2, -0.15) is 0 Å². The second-order valence-electron chi connectivity index (χ2n) is 4.42. The van der Waals surface area contributed by atoms with Crippen LogP contribution < -0.4 is 11.1 Å². The molecule has 0 aromatic rings. The molecule has 0 aliphatic carbocycles. The normalized spacial score (nSPS) is 17.4. The van der Waals surface area contributed by atoms with Crippen molar-refractivity contribution in [1.82, 2.24) is 5.32 Å². The molecule has 3 heteroatoms. The van der Waals surface area contributed by atoms with Gasteiger partial charge in [-0.05, 0) is 32.2 Å². The third kappa shape index (κ3) is 6.88. The number of nitrogens with two attached hydrogens (primary N) is 1. The fourth-order valence-electron chi connectivity index (χ4n) is 1.67. The molecular formula is C12H28N2O. The summed E-state index contributed by atoms with van der Waals surface area (Å²) in [6.45, 7) is 8.30. The maximum Gasteiger partial charge on any atom is 0.0615 e. The Bertz CT molecular complexity index is 142. The Morgan fingerprint density at radius 1 is 1.33 bits per heavy atom. The molecule has 0 amide bonds. The quantitative estimate of drug-likeness (QED) is 0.617. The SMILES string of the molecule is CCC(C)C(C)NC(CCCN)COC. The van der Waals surface area contributed by atoms with E-state index in [0.29, 0.717) is 18.0 Å². The Kier molecular flexibility index (Phi) is 9.06. The van der Waals surface area contributed by atoms with Gasteiger partial charge in [-0.1, -0.05) is 20.3 Å². The van der Waals surface area contributed by atoms with Gasteiger partial charge in [0.15, 0.2) is 0 Å². The minimum Gasteiger partial charge on any atom is -0.383 e. The maximum absolute atomic E-state index is 5.52. The van der Waals surface area contributed by atoms with Gasteiger partial charge >= 0.3 is 0 Å². The van der Waals surface area contributed by atoms with Crippen LogP contribution in [0.15, 0.2) is 0 Å². The molecule has 0 spiro atoms. The van der Waals surface area contributed by atoms with Crippen molar-refractivity contribution in [1.29, 1.82) is 0 Å². The molecular weight excluding hydrogens is 188 g/mol. The van der Waals surface area contributed by atoms with Gasteiger partial charge in [0.2, 0.25) is 0 Å². The largest absolute Gasteiger partial charge is 0.383 e. The molecule has 0 aliphatic rings. The maximum atomic E-state index is 5.52. The van der Waals surface area contributed by atoms with Crippen LogP contribution in [0.4, 0.5) is 0 Å². The molecule has 0 saturated heterocycles. The molecule has 0 aromatic heterocycles. The first kappa shape index (κ1) is 14.9. The van der Waals surface area contributed by atoms with Crippen LogP contribution >= 0.6 is 0 Å². The number of hydrogen-bond acceptors (Lipinski definition) is 3. The zero-order valence-corrected chi connectivity index (χ0v) is 10.8. The van der Waals surface area contributed by atoms with Crippen LogP contribution in [0.1, 0.15) is 40.0 Å². The molecule has 3 nitrogen and oxygen atoms in total. The third-order valence-corrected chi connectivity index (χ3v) is 3.12. The lowest BCUT2D eigenvalue weighted by atomic mass is 9.99. The summed E-state index contributed by atoms with van der Waals surface area (Å²) < 4.78 is 5.21.